The number of aromatic nitrogens is 2. The van der Waals surface area contributed by atoms with E-state index in [1.54, 1.807) is 44.2 Å². The molecule has 144 valence electrons. The first-order valence-corrected chi connectivity index (χ1v) is 9.26. The van der Waals surface area contributed by atoms with Gasteiger partial charge in [0.2, 0.25) is 5.91 Å². The van der Waals surface area contributed by atoms with Gasteiger partial charge in [0.15, 0.2) is 4.77 Å². The van der Waals surface area contributed by atoms with Crippen molar-refractivity contribution in [3.63, 3.8) is 0 Å². The molecular weight excluding hydrogens is 376 g/mol. The molecule has 1 aromatic heterocycles. The molecule has 0 saturated carbocycles. The molecule has 0 aliphatic heterocycles. The number of aromatic amines is 1. The van der Waals surface area contributed by atoms with Gasteiger partial charge in [-0.1, -0.05) is 18.2 Å². The van der Waals surface area contributed by atoms with Gasteiger partial charge in [0.05, 0.1) is 16.6 Å². The van der Waals surface area contributed by atoms with Crippen LogP contribution in [0.5, 0.6) is 0 Å². The van der Waals surface area contributed by atoms with Crippen LogP contribution in [0.4, 0.5) is 0 Å². The molecular formula is C20H20N4O3S. The van der Waals surface area contributed by atoms with Crippen LogP contribution >= 0.6 is 12.2 Å². The molecule has 0 unspecified atom stereocenters. The normalized spacial score (nSPS) is 11.8. The Bertz CT molecular complexity index is 1150. The smallest absolute Gasteiger partial charge is 0.266 e. The highest BCUT2D eigenvalue weighted by Crippen LogP contribution is 2.13. The lowest BCUT2D eigenvalue weighted by atomic mass is 10.1. The van der Waals surface area contributed by atoms with Crippen molar-refractivity contribution in [2.45, 2.75) is 19.9 Å². The highest BCUT2D eigenvalue weighted by molar-refractivity contribution is 7.71. The van der Waals surface area contributed by atoms with Crippen molar-refractivity contribution in [2.24, 2.45) is 0 Å². The Hall–Kier alpha value is -3.26. The van der Waals surface area contributed by atoms with Crippen molar-refractivity contribution in [2.75, 3.05) is 6.54 Å². The first kappa shape index (κ1) is 19.5. The molecule has 0 aliphatic carbocycles. The minimum Gasteiger partial charge on any atom is -0.355 e. The van der Waals surface area contributed by atoms with Gasteiger partial charge in [0, 0.05) is 12.1 Å². The fraction of sp³-hybridized carbons (Fsp3) is 0.200. The summed E-state index contributed by atoms with van der Waals surface area (Å²) < 4.78 is 1.64. The third-order valence-electron chi connectivity index (χ3n) is 4.27. The Labute approximate surface area is 166 Å². The van der Waals surface area contributed by atoms with Gasteiger partial charge in [0.25, 0.3) is 11.5 Å². The number of para-hydroxylation sites is 1. The zero-order chi connectivity index (χ0) is 20.3. The van der Waals surface area contributed by atoms with E-state index >= 15 is 0 Å². The summed E-state index contributed by atoms with van der Waals surface area (Å²) in [5, 5.41) is 5.70. The molecule has 1 heterocycles. The molecule has 3 N–H and O–H groups in total. The number of amides is 2. The number of hydrogen-bond acceptors (Lipinski definition) is 4. The molecule has 28 heavy (non-hydrogen) atoms. The summed E-state index contributed by atoms with van der Waals surface area (Å²) in [6.07, 6.45) is 0. The fourth-order valence-corrected chi connectivity index (χ4v) is 3.14. The van der Waals surface area contributed by atoms with Crippen LogP contribution in [-0.2, 0) is 4.79 Å². The molecule has 7 nitrogen and oxygen atoms in total. The number of H-pyrrole nitrogens is 1. The lowest BCUT2D eigenvalue weighted by molar-refractivity contribution is -0.122. The van der Waals surface area contributed by atoms with E-state index in [-0.39, 0.29) is 16.2 Å². The molecule has 0 fully saturated rings. The summed E-state index contributed by atoms with van der Waals surface area (Å²) in [6.45, 7) is 3.90. The Balaban J connectivity index is 1.97. The summed E-state index contributed by atoms with van der Waals surface area (Å²) in [5.74, 6) is -0.672. The number of nitrogens with one attached hydrogen (secondary N) is 3. The first-order valence-electron chi connectivity index (χ1n) is 8.85. The number of benzene rings is 2. The second-order valence-corrected chi connectivity index (χ2v) is 6.64. The van der Waals surface area contributed by atoms with Gasteiger partial charge in [-0.25, -0.2) is 0 Å². The third kappa shape index (κ3) is 3.86. The van der Waals surface area contributed by atoms with Crippen molar-refractivity contribution in [3.05, 3.63) is 69.2 Å². The molecule has 0 radical (unpaired) electrons. The molecule has 0 aliphatic rings. The van der Waals surface area contributed by atoms with Crippen molar-refractivity contribution < 1.29 is 9.59 Å². The maximum atomic E-state index is 12.9. The van der Waals surface area contributed by atoms with Crippen LogP contribution in [0.25, 0.3) is 16.6 Å². The molecule has 2 aromatic carbocycles. The monoisotopic (exact) mass is 396 g/mol. The van der Waals surface area contributed by atoms with Gasteiger partial charge in [-0.2, -0.15) is 0 Å². The average molecular weight is 396 g/mol. The second-order valence-electron chi connectivity index (χ2n) is 6.26. The van der Waals surface area contributed by atoms with Crippen molar-refractivity contribution in [1.82, 2.24) is 20.2 Å². The summed E-state index contributed by atoms with van der Waals surface area (Å²) in [5.41, 5.74) is 1.17. The van der Waals surface area contributed by atoms with Crippen LogP contribution in [0.2, 0.25) is 0 Å². The lowest BCUT2D eigenvalue weighted by Gasteiger charge is -2.14. The van der Waals surface area contributed by atoms with E-state index in [1.165, 1.54) is 4.57 Å². The zero-order valence-electron chi connectivity index (χ0n) is 15.5. The Morgan fingerprint density at radius 1 is 1.18 bits per heavy atom. The Morgan fingerprint density at radius 2 is 1.89 bits per heavy atom. The summed E-state index contributed by atoms with van der Waals surface area (Å²) in [4.78, 5) is 40.1. The summed E-state index contributed by atoms with van der Waals surface area (Å²) >= 11 is 5.35. The van der Waals surface area contributed by atoms with Gasteiger partial charge in [-0.15, -0.1) is 0 Å². The van der Waals surface area contributed by atoms with Crippen LogP contribution < -0.4 is 16.2 Å². The third-order valence-corrected chi connectivity index (χ3v) is 4.55. The van der Waals surface area contributed by atoms with E-state index in [0.29, 0.717) is 28.7 Å². The van der Waals surface area contributed by atoms with Crippen molar-refractivity contribution >= 4 is 34.9 Å². The number of carbonyl (C=O) groups excluding carboxylic acids is 2. The molecule has 0 bridgehead atoms. The van der Waals surface area contributed by atoms with E-state index in [2.05, 4.69) is 15.6 Å². The van der Waals surface area contributed by atoms with E-state index in [0.717, 1.165) is 0 Å². The van der Waals surface area contributed by atoms with E-state index < -0.39 is 11.9 Å². The van der Waals surface area contributed by atoms with Gasteiger partial charge >= 0.3 is 0 Å². The van der Waals surface area contributed by atoms with Crippen LogP contribution in [0.15, 0.2) is 53.3 Å². The van der Waals surface area contributed by atoms with E-state index in [9.17, 15) is 14.4 Å². The van der Waals surface area contributed by atoms with E-state index in [4.69, 9.17) is 12.2 Å². The number of rotatable bonds is 5. The van der Waals surface area contributed by atoms with Crippen LogP contribution in [0, 0.1) is 4.77 Å². The number of fused-ring (bicyclic) bond motifs is 1. The molecule has 0 saturated heterocycles. The minimum absolute atomic E-state index is 0.233. The maximum Gasteiger partial charge on any atom is 0.266 e. The van der Waals surface area contributed by atoms with Crippen LogP contribution in [0.1, 0.15) is 24.2 Å². The number of hydrogen-bond donors (Lipinski definition) is 3. The van der Waals surface area contributed by atoms with Gasteiger partial charge in [0.1, 0.15) is 6.04 Å². The maximum absolute atomic E-state index is 12.9. The molecule has 3 aromatic rings. The summed E-state index contributed by atoms with van der Waals surface area (Å²) in [7, 11) is 0. The van der Waals surface area contributed by atoms with Gasteiger partial charge < -0.3 is 15.6 Å². The highest BCUT2D eigenvalue weighted by Gasteiger charge is 2.17. The quantitative estimate of drug-likeness (QED) is 0.577. The van der Waals surface area contributed by atoms with Crippen molar-refractivity contribution in [3.8, 4) is 5.69 Å². The van der Waals surface area contributed by atoms with Gasteiger partial charge in [-0.3, -0.25) is 19.0 Å². The second kappa shape index (κ2) is 8.18. The predicted molar refractivity (Wildman–Crippen MR) is 110 cm³/mol. The fourth-order valence-electron chi connectivity index (χ4n) is 2.84. The predicted octanol–water partition coefficient (Wildman–Crippen LogP) is 2.30. The SMILES string of the molecule is CCNC(=O)[C@H](C)NC(=O)c1ccc2c(=O)n(-c3ccccc3)c(=S)[nH]c2c1. The molecule has 3 rings (SSSR count). The minimum atomic E-state index is -0.673. The largest absolute Gasteiger partial charge is 0.355 e. The zero-order valence-corrected chi connectivity index (χ0v) is 16.3. The first-order chi connectivity index (χ1) is 13.4. The Kier molecular flexibility index (Phi) is 5.70. The molecule has 2 amide bonds. The molecule has 1 atom stereocenters. The van der Waals surface area contributed by atoms with Crippen molar-refractivity contribution in [1.29, 1.82) is 0 Å². The number of carbonyl (C=O) groups is 2. The highest BCUT2D eigenvalue weighted by atomic mass is 32.1. The number of likely N-dealkylation sites (N-methyl/N-ethyl adjacent to an activating group) is 1. The summed E-state index contributed by atoms with van der Waals surface area (Å²) in [6, 6.07) is 13.1. The molecule has 8 heteroatoms. The van der Waals surface area contributed by atoms with Crippen LogP contribution in [-0.4, -0.2) is 34.0 Å². The van der Waals surface area contributed by atoms with Gasteiger partial charge in [-0.05, 0) is 56.4 Å². The lowest BCUT2D eigenvalue weighted by Crippen LogP contribution is -2.44. The molecule has 0 spiro atoms. The van der Waals surface area contributed by atoms with E-state index in [1.807, 2.05) is 18.2 Å². The number of nitrogens with zero attached hydrogens (tertiary/aromatic N) is 1. The Morgan fingerprint density at radius 3 is 2.57 bits per heavy atom. The standard InChI is InChI=1S/C20H20N4O3S/c1-3-21-17(25)12(2)22-18(26)13-9-10-15-16(11-13)23-20(28)24(19(15)27)14-7-5-4-6-8-14/h4-12H,3H2,1-2H3,(H,21,25)(H,22,26)(H,23,28)/t12-/m0/s1. The van der Waals surface area contributed by atoms with Crippen LogP contribution in [0.3, 0.4) is 0 Å². The topological polar surface area (TPSA) is 96.0 Å². The average Bonchev–Trinajstić information content (AvgIpc) is 2.68.